The average Bonchev–Trinajstić information content (AvgIpc) is 2.52. The molecule has 0 aromatic heterocycles. The molecule has 0 rings (SSSR count). The maximum absolute atomic E-state index is 11.7. The van der Waals surface area contributed by atoms with Crippen LogP contribution in [0.1, 0.15) is 54.4 Å². The van der Waals surface area contributed by atoms with E-state index in [1.54, 1.807) is 0 Å². The van der Waals surface area contributed by atoms with Crippen molar-refractivity contribution in [2.24, 2.45) is 5.41 Å². The number of Topliss-reactive ketones (excluding diaryl/α,β-unsaturated/α-hetero) is 1. The molecule has 0 unspecified atom stereocenters. The van der Waals surface area contributed by atoms with E-state index in [0.29, 0.717) is 39.6 Å². The number of carbonyl (C=O) groups is 1. The van der Waals surface area contributed by atoms with Gasteiger partial charge >= 0.3 is 0 Å². The van der Waals surface area contributed by atoms with E-state index in [1.807, 2.05) is 20.8 Å². The minimum absolute atomic E-state index is 0.170. The highest BCUT2D eigenvalue weighted by molar-refractivity contribution is 5.85. The first-order valence-corrected chi connectivity index (χ1v) is 9.85. The van der Waals surface area contributed by atoms with Crippen molar-refractivity contribution in [2.75, 3.05) is 59.3 Å². The van der Waals surface area contributed by atoms with Gasteiger partial charge in [-0.2, -0.15) is 0 Å². The topological polar surface area (TPSA) is 68.8 Å². The Labute approximate surface area is 160 Å². The Hall–Kier alpha value is -0.530. The molecule has 0 aliphatic carbocycles. The number of rotatable bonds is 16. The lowest BCUT2D eigenvalue weighted by Gasteiger charge is -2.20. The highest BCUT2D eigenvalue weighted by atomic mass is 16.5. The Bertz CT molecular complexity index is 349. The van der Waals surface area contributed by atoms with Gasteiger partial charge in [0.25, 0.3) is 0 Å². The van der Waals surface area contributed by atoms with Crippen molar-refractivity contribution in [3.8, 4) is 0 Å². The van der Waals surface area contributed by atoms with Crippen molar-refractivity contribution >= 4 is 5.78 Å². The van der Waals surface area contributed by atoms with Crippen LogP contribution in [0.4, 0.5) is 0 Å². The standard InChI is InChI=1S/C20H42N2O4/c1-19(2,3)18(23)17-21-9-7-11-24-13-15-26-16-14-25-12-8-10-22-20(4,5)6/h21-22H,7-17H2,1-6H3. The summed E-state index contributed by atoms with van der Waals surface area (Å²) >= 11 is 0. The molecule has 0 amide bonds. The van der Waals surface area contributed by atoms with Gasteiger partial charge in [-0.05, 0) is 46.7 Å². The molecule has 0 aliphatic rings. The third-order valence-corrected chi connectivity index (χ3v) is 3.63. The van der Waals surface area contributed by atoms with Gasteiger partial charge in [-0.3, -0.25) is 4.79 Å². The molecular weight excluding hydrogens is 332 g/mol. The summed E-state index contributed by atoms with van der Waals surface area (Å²) in [5, 5.41) is 6.59. The van der Waals surface area contributed by atoms with Gasteiger partial charge in [0.1, 0.15) is 0 Å². The largest absolute Gasteiger partial charge is 0.379 e. The summed E-state index contributed by atoms with van der Waals surface area (Å²) in [6, 6.07) is 0. The predicted molar refractivity (Wildman–Crippen MR) is 107 cm³/mol. The molecule has 0 spiro atoms. The zero-order valence-electron chi connectivity index (χ0n) is 17.9. The van der Waals surface area contributed by atoms with Crippen molar-refractivity contribution in [1.29, 1.82) is 0 Å². The predicted octanol–water partition coefficient (Wildman–Crippen LogP) is 2.41. The zero-order chi connectivity index (χ0) is 19.9. The van der Waals surface area contributed by atoms with E-state index in [0.717, 1.165) is 32.5 Å². The summed E-state index contributed by atoms with van der Waals surface area (Å²) in [6.45, 7) is 18.3. The van der Waals surface area contributed by atoms with Crippen LogP contribution in [-0.2, 0) is 19.0 Å². The van der Waals surface area contributed by atoms with Gasteiger partial charge in [0.05, 0.1) is 33.0 Å². The van der Waals surface area contributed by atoms with Gasteiger partial charge in [0, 0.05) is 24.2 Å². The molecule has 6 heteroatoms. The molecule has 0 aromatic rings. The fourth-order valence-corrected chi connectivity index (χ4v) is 1.95. The van der Waals surface area contributed by atoms with Crippen LogP contribution in [0.2, 0.25) is 0 Å². The molecule has 6 nitrogen and oxygen atoms in total. The summed E-state index contributed by atoms with van der Waals surface area (Å²) in [7, 11) is 0. The third-order valence-electron chi connectivity index (χ3n) is 3.63. The van der Waals surface area contributed by atoms with Crippen LogP contribution >= 0.6 is 0 Å². The van der Waals surface area contributed by atoms with Crippen LogP contribution in [-0.4, -0.2) is 70.6 Å². The van der Waals surface area contributed by atoms with Crippen LogP contribution in [0, 0.1) is 5.41 Å². The van der Waals surface area contributed by atoms with E-state index in [4.69, 9.17) is 14.2 Å². The molecule has 0 aromatic carbocycles. The second-order valence-electron chi connectivity index (χ2n) is 8.57. The zero-order valence-corrected chi connectivity index (χ0v) is 17.9. The second-order valence-corrected chi connectivity index (χ2v) is 8.57. The molecule has 0 aliphatic heterocycles. The fraction of sp³-hybridized carbons (Fsp3) is 0.950. The van der Waals surface area contributed by atoms with E-state index in [1.165, 1.54) is 0 Å². The smallest absolute Gasteiger partial charge is 0.151 e. The van der Waals surface area contributed by atoms with E-state index >= 15 is 0 Å². The van der Waals surface area contributed by atoms with Crippen molar-refractivity contribution in [2.45, 2.75) is 59.9 Å². The first kappa shape index (κ1) is 25.5. The van der Waals surface area contributed by atoms with Crippen LogP contribution in [0.5, 0.6) is 0 Å². The molecule has 0 saturated heterocycles. The number of carbonyl (C=O) groups excluding carboxylic acids is 1. The molecule has 2 N–H and O–H groups in total. The summed E-state index contributed by atoms with van der Waals surface area (Å²) in [5.41, 5.74) is -0.100. The molecule has 0 bridgehead atoms. The molecule has 0 fully saturated rings. The van der Waals surface area contributed by atoms with E-state index in [-0.39, 0.29) is 16.7 Å². The number of hydrogen-bond donors (Lipinski definition) is 2. The molecular formula is C20H42N2O4. The minimum atomic E-state index is -0.270. The Kier molecular flexibility index (Phi) is 14.2. The second kappa shape index (κ2) is 14.5. The molecule has 0 saturated carbocycles. The SMILES string of the molecule is CC(C)(C)NCCCOCCOCCOCCCNCC(=O)C(C)(C)C. The van der Waals surface area contributed by atoms with Crippen molar-refractivity contribution in [1.82, 2.24) is 10.6 Å². The van der Waals surface area contributed by atoms with Gasteiger partial charge in [0.15, 0.2) is 5.78 Å². The molecule has 26 heavy (non-hydrogen) atoms. The highest BCUT2D eigenvalue weighted by Gasteiger charge is 2.19. The van der Waals surface area contributed by atoms with Gasteiger partial charge in [-0.25, -0.2) is 0 Å². The van der Waals surface area contributed by atoms with Gasteiger partial charge in [-0.1, -0.05) is 20.8 Å². The summed E-state index contributed by atoms with van der Waals surface area (Å²) < 4.78 is 16.5. The normalized spacial score (nSPS) is 12.5. The van der Waals surface area contributed by atoms with E-state index < -0.39 is 0 Å². The molecule has 156 valence electrons. The molecule has 0 atom stereocenters. The minimum Gasteiger partial charge on any atom is -0.379 e. The first-order chi connectivity index (χ1) is 12.1. The lowest BCUT2D eigenvalue weighted by atomic mass is 9.91. The summed E-state index contributed by atoms with van der Waals surface area (Å²) in [4.78, 5) is 11.7. The van der Waals surface area contributed by atoms with Crippen LogP contribution in [0.25, 0.3) is 0 Å². The summed E-state index contributed by atoms with van der Waals surface area (Å²) in [5.74, 6) is 0.236. The van der Waals surface area contributed by atoms with Gasteiger partial charge in [-0.15, -0.1) is 0 Å². The molecule has 0 radical (unpaired) electrons. The lowest BCUT2D eigenvalue weighted by Crippen LogP contribution is -2.36. The third kappa shape index (κ3) is 18.3. The maximum atomic E-state index is 11.7. The highest BCUT2D eigenvalue weighted by Crippen LogP contribution is 2.13. The molecule has 0 heterocycles. The van der Waals surface area contributed by atoms with E-state index in [9.17, 15) is 4.79 Å². The Morgan fingerprint density at radius 1 is 0.731 bits per heavy atom. The summed E-state index contributed by atoms with van der Waals surface area (Å²) in [6.07, 6.45) is 1.90. The number of ether oxygens (including phenoxy) is 3. The average molecular weight is 375 g/mol. The number of ketones is 1. The van der Waals surface area contributed by atoms with Crippen LogP contribution in [0.15, 0.2) is 0 Å². The quantitative estimate of drug-likeness (QED) is 0.404. The fourth-order valence-electron chi connectivity index (χ4n) is 1.95. The van der Waals surface area contributed by atoms with Gasteiger partial charge in [0.2, 0.25) is 0 Å². The Balaban J connectivity index is 3.17. The maximum Gasteiger partial charge on any atom is 0.151 e. The lowest BCUT2D eigenvalue weighted by molar-refractivity contribution is -0.125. The van der Waals surface area contributed by atoms with Crippen molar-refractivity contribution < 1.29 is 19.0 Å². The monoisotopic (exact) mass is 374 g/mol. The number of hydrogen-bond acceptors (Lipinski definition) is 6. The van der Waals surface area contributed by atoms with E-state index in [2.05, 4.69) is 31.4 Å². The van der Waals surface area contributed by atoms with Crippen molar-refractivity contribution in [3.63, 3.8) is 0 Å². The first-order valence-electron chi connectivity index (χ1n) is 9.85. The van der Waals surface area contributed by atoms with Gasteiger partial charge < -0.3 is 24.8 Å². The Morgan fingerprint density at radius 2 is 1.19 bits per heavy atom. The van der Waals surface area contributed by atoms with Crippen LogP contribution < -0.4 is 10.6 Å². The van der Waals surface area contributed by atoms with Crippen molar-refractivity contribution in [3.05, 3.63) is 0 Å². The Morgan fingerprint density at radius 3 is 1.65 bits per heavy atom. The van der Waals surface area contributed by atoms with Crippen LogP contribution in [0.3, 0.4) is 0 Å². The number of nitrogens with one attached hydrogen (secondary N) is 2.